The van der Waals surface area contributed by atoms with Crippen molar-refractivity contribution in [3.8, 4) is 11.4 Å². The molecule has 1 aromatic carbocycles. The number of benzene rings is 1. The van der Waals surface area contributed by atoms with Crippen molar-refractivity contribution in [3.05, 3.63) is 41.5 Å². The minimum atomic E-state index is -0.558. The summed E-state index contributed by atoms with van der Waals surface area (Å²) in [7, 11) is 0. The smallest absolute Gasteiger partial charge is 0.268 e. The highest BCUT2D eigenvalue weighted by molar-refractivity contribution is 5.91. The van der Waals surface area contributed by atoms with E-state index in [1.807, 2.05) is 4.57 Å². The number of amides is 1. The Balaban J connectivity index is 2.21. The number of aromatic nitrogens is 2. The predicted molar refractivity (Wildman–Crippen MR) is 69.1 cm³/mol. The van der Waals surface area contributed by atoms with Gasteiger partial charge >= 0.3 is 0 Å². The minimum absolute atomic E-state index is 0.229. The molecule has 4 nitrogen and oxygen atoms in total. The van der Waals surface area contributed by atoms with E-state index in [1.54, 1.807) is 12.3 Å². The summed E-state index contributed by atoms with van der Waals surface area (Å²) >= 11 is 0. The van der Waals surface area contributed by atoms with Crippen LogP contribution in [-0.2, 0) is 13.0 Å². The highest BCUT2D eigenvalue weighted by Crippen LogP contribution is 2.28. The molecule has 98 valence electrons. The molecule has 1 amide bonds. The molecule has 1 aliphatic rings. The number of nitrogens with two attached hydrogens (primary N) is 1. The van der Waals surface area contributed by atoms with Crippen molar-refractivity contribution in [1.29, 1.82) is 0 Å². The molecule has 0 fully saturated rings. The number of fused-ring (bicyclic) bond motifs is 3. The van der Waals surface area contributed by atoms with Crippen molar-refractivity contribution in [1.82, 2.24) is 9.55 Å². The molecule has 0 saturated heterocycles. The third kappa shape index (κ3) is 2.12. The summed E-state index contributed by atoms with van der Waals surface area (Å²) in [5, 5.41) is 0. The lowest BCUT2D eigenvalue weighted by Gasteiger charge is -2.15. The molecule has 0 spiro atoms. The normalized spacial score (nSPS) is 14.2. The molecule has 2 heterocycles. The summed E-state index contributed by atoms with van der Waals surface area (Å²) in [6, 6.07) is 4.73. The van der Waals surface area contributed by atoms with Gasteiger partial charge in [-0.05, 0) is 37.0 Å². The maximum atomic E-state index is 13.5. The number of primary amides is 1. The van der Waals surface area contributed by atoms with Crippen molar-refractivity contribution >= 4 is 5.91 Å². The third-order valence-corrected chi connectivity index (χ3v) is 3.44. The standard InChI is InChI=1S/C14H14FN3O/c15-10-5-4-9-3-1-2-6-18-8-12(13(16)19)17-14(18)11(9)7-10/h4-5,7-8H,1-3,6H2,(H2,16,19). The Bertz CT molecular complexity index is 648. The van der Waals surface area contributed by atoms with E-state index in [9.17, 15) is 9.18 Å². The molecule has 1 aliphatic heterocycles. The first kappa shape index (κ1) is 11.9. The van der Waals surface area contributed by atoms with Gasteiger partial charge in [-0.2, -0.15) is 0 Å². The molecule has 2 aromatic rings. The minimum Gasteiger partial charge on any atom is -0.364 e. The van der Waals surface area contributed by atoms with Gasteiger partial charge in [0.05, 0.1) is 0 Å². The second-order valence-corrected chi connectivity index (χ2v) is 4.77. The van der Waals surface area contributed by atoms with Gasteiger partial charge in [-0.15, -0.1) is 0 Å². The van der Waals surface area contributed by atoms with Gasteiger partial charge in [-0.25, -0.2) is 9.37 Å². The number of carbonyl (C=O) groups excluding carboxylic acids is 1. The zero-order chi connectivity index (χ0) is 13.4. The van der Waals surface area contributed by atoms with Crippen molar-refractivity contribution in [2.45, 2.75) is 25.8 Å². The molecule has 0 unspecified atom stereocenters. The highest BCUT2D eigenvalue weighted by atomic mass is 19.1. The van der Waals surface area contributed by atoms with E-state index in [1.165, 1.54) is 12.1 Å². The SMILES string of the molecule is NC(=O)c1cn2c(n1)-c1cc(F)ccc1CCCC2. The van der Waals surface area contributed by atoms with Crippen LogP contribution >= 0.6 is 0 Å². The number of imidazole rings is 1. The summed E-state index contributed by atoms with van der Waals surface area (Å²) in [5.41, 5.74) is 7.31. The summed E-state index contributed by atoms with van der Waals surface area (Å²) in [5.74, 6) is -0.227. The Kier molecular flexibility index (Phi) is 2.81. The van der Waals surface area contributed by atoms with E-state index in [2.05, 4.69) is 4.98 Å². The molecule has 0 saturated carbocycles. The number of hydrogen-bond donors (Lipinski definition) is 1. The van der Waals surface area contributed by atoms with Crippen LogP contribution in [0.25, 0.3) is 11.4 Å². The largest absolute Gasteiger partial charge is 0.364 e. The predicted octanol–water partition coefficient (Wildman–Crippen LogP) is 2.12. The van der Waals surface area contributed by atoms with Gasteiger partial charge in [0.15, 0.2) is 0 Å². The van der Waals surface area contributed by atoms with E-state index < -0.39 is 5.91 Å². The van der Waals surface area contributed by atoms with Gasteiger partial charge in [0.1, 0.15) is 17.3 Å². The lowest BCUT2D eigenvalue weighted by molar-refractivity contribution is 0.0996. The van der Waals surface area contributed by atoms with Crippen LogP contribution in [0.5, 0.6) is 0 Å². The van der Waals surface area contributed by atoms with E-state index in [0.717, 1.165) is 36.9 Å². The van der Waals surface area contributed by atoms with Crippen molar-refractivity contribution < 1.29 is 9.18 Å². The maximum Gasteiger partial charge on any atom is 0.268 e. The summed E-state index contributed by atoms with van der Waals surface area (Å²) in [4.78, 5) is 15.5. The molecular weight excluding hydrogens is 245 g/mol. The van der Waals surface area contributed by atoms with Crippen LogP contribution < -0.4 is 5.73 Å². The lowest BCUT2D eigenvalue weighted by Crippen LogP contribution is -2.11. The molecule has 0 bridgehead atoms. The number of nitrogens with zero attached hydrogens (tertiary/aromatic N) is 2. The Morgan fingerprint density at radius 1 is 1.37 bits per heavy atom. The van der Waals surface area contributed by atoms with E-state index in [0.29, 0.717) is 5.82 Å². The first-order valence-corrected chi connectivity index (χ1v) is 6.31. The third-order valence-electron chi connectivity index (χ3n) is 3.44. The maximum absolute atomic E-state index is 13.5. The summed E-state index contributed by atoms with van der Waals surface area (Å²) < 4.78 is 15.3. The molecule has 19 heavy (non-hydrogen) atoms. The zero-order valence-corrected chi connectivity index (χ0v) is 10.4. The summed E-state index contributed by atoms with van der Waals surface area (Å²) in [6.07, 6.45) is 4.58. The van der Waals surface area contributed by atoms with Gasteiger partial charge in [0.25, 0.3) is 5.91 Å². The van der Waals surface area contributed by atoms with Crippen LogP contribution in [0.2, 0.25) is 0 Å². The topological polar surface area (TPSA) is 60.9 Å². The average molecular weight is 259 g/mol. The van der Waals surface area contributed by atoms with E-state index in [4.69, 9.17) is 5.73 Å². The van der Waals surface area contributed by atoms with Crippen molar-refractivity contribution in [3.63, 3.8) is 0 Å². The number of aryl methyl sites for hydroxylation is 2. The second-order valence-electron chi connectivity index (χ2n) is 4.77. The molecular formula is C14H14FN3O. The number of rotatable bonds is 1. The van der Waals surface area contributed by atoms with Crippen LogP contribution in [0.4, 0.5) is 4.39 Å². The van der Waals surface area contributed by atoms with Crippen LogP contribution in [0.3, 0.4) is 0 Å². The molecule has 1 aromatic heterocycles. The Labute approximate surface area is 110 Å². The van der Waals surface area contributed by atoms with Gasteiger partial charge in [-0.1, -0.05) is 6.07 Å². The number of carbonyl (C=O) groups is 1. The number of halogens is 1. The summed E-state index contributed by atoms with van der Waals surface area (Å²) in [6.45, 7) is 0.769. The van der Waals surface area contributed by atoms with Gasteiger partial charge in [-0.3, -0.25) is 4.79 Å². The Hall–Kier alpha value is -2.17. The van der Waals surface area contributed by atoms with Crippen LogP contribution in [-0.4, -0.2) is 15.5 Å². The molecule has 5 heteroatoms. The fraction of sp³-hybridized carbons (Fsp3) is 0.286. The fourth-order valence-electron chi connectivity index (χ4n) is 2.49. The molecule has 0 radical (unpaired) electrons. The van der Waals surface area contributed by atoms with Crippen molar-refractivity contribution in [2.24, 2.45) is 5.73 Å². The first-order chi connectivity index (χ1) is 9.15. The highest BCUT2D eigenvalue weighted by Gasteiger charge is 2.18. The van der Waals surface area contributed by atoms with Crippen LogP contribution in [0.15, 0.2) is 24.4 Å². The van der Waals surface area contributed by atoms with Crippen LogP contribution in [0, 0.1) is 5.82 Å². The van der Waals surface area contributed by atoms with E-state index >= 15 is 0 Å². The van der Waals surface area contributed by atoms with Gasteiger partial charge in [0, 0.05) is 18.3 Å². The quantitative estimate of drug-likeness (QED) is 0.852. The molecule has 0 atom stereocenters. The van der Waals surface area contributed by atoms with Gasteiger partial charge in [0.2, 0.25) is 0 Å². The van der Waals surface area contributed by atoms with Gasteiger partial charge < -0.3 is 10.3 Å². The lowest BCUT2D eigenvalue weighted by atomic mass is 9.99. The second kappa shape index (κ2) is 4.50. The van der Waals surface area contributed by atoms with E-state index in [-0.39, 0.29) is 11.5 Å². The monoisotopic (exact) mass is 259 g/mol. The molecule has 2 N–H and O–H groups in total. The van der Waals surface area contributed by atoms with Crippen molar-refractivity contribution in [2.75, 3.05) is 0 Å². The first-order valence-electron chi connectivity index (χ1n) is 6.31. The number of hydrogen-bond acceptors (Lipinski definition) is 2. The zero-order valence-electron chi connectivity index (χ0n) is 10.4. The molecule has 3 rings (SSSR count). The fourth-order valence-corrected chi connectivity index (χ4v) is 2.49. The molecule has 0 aliphatic carbocycles. The van der Waals surface area contributed by atoms with Crippen LogP contribution in [0.1, 0.15) is 28.9 Å². The Morgan fingerprint density at radius 3 is 3.00 bits per heavy atom. The average Bonchev–Trinajstić information content (AvgIpc) is 2.77. The Morgan fingerprint density at radius 2 is 2.21 bits per heavy atom.